The van der Waals surface area contributed by atoms with Gasteiger partial charge in [0.1, 0.15) is 6.10 Å². The molecule has 6 heteroatoms. The van der Waals surface area contributed by atoms with Crippen molar-refractivity contribution < 1.29 is 19.1 Å². The van der Waals surface area contributed by atoms with Crippen molar-refractivity contribution in [1.82, 2.24) is 0 Å². The SMILES string of the molecule is CCCOC(=O)Cl.O=C(Cl)OC1CCCCC1. The number of hydrogen-bond donors (Lipinski definition) is 0. The third-order valence-corrected chi connectivity index (χ3v) is 2.43. The second kappa shape index (κ2) is 10.7. The molecule has 0 unspecified atom stereocenters. The second-order valence-corrected chi connectivity index (χ2v) is 4.32. The molecule has 0 saturated heterocycles. The van der Waals surface area contributed by atoms with Crippen LogP contribution in [0, 0.1) is 0 Å². The van der Waals surface area contributed by atoms with Gasteiger partial charge in [-0.05, 0) is 32.1 Å². The number of halogens is 2. The van der Waals surface area contributed by atoms with Gasteiger partial charge in [0.2, 0.25) is 0 Å². The molecule has 1 aliphatic rings. The van der Waals surface area contributed by atoms with Crippen molar-refractivity contribution in [3.05, 3.63) is 0 Å². The van der Waals surface area contributed by atoms with Crippen LogP contribution in [0.2, 0.25) is 0 Å². The molecule has 0 amide bonds. The Hall–Kier alpha value is -0.480. The first-order valence-corrected chi connectivity index (χ1v) is 6.50. The summed E-state index contributed by atoms with van der Waals surface area (Å²) in [5.41, 5.74) is -1.38. The van der Waals surface area contributed by atoms with Gasteiger partial charge in [-0.3, -0.25) is 0 Å². The van der Waals surface area contributed by atoms with Crippen LogP contribution in [0.3, 0.4) is 0 Å². The van der Waals surface area contributed by atoms with Gasteiger partial charge in [0, 0.05) is 23.2 Å². The molecular weight excluding hydrogens is 267 g/mol. The first kappa shape index (κ1) is 16.5. The van der Waals surface area contributed by atoms with Gasteiger partial charge in [-0.15, -0.1) is 0 Å². The fourth-order valence-electron chi connectivity index (χ4n) is 1.50. The molecule has 0 radical (unpaired) electrons. The van der Waals surface area contributed by atoms with Crippen LogP contribution < -0.4 is 0 Å². The summed E-state index contributed by atoms with van der Waals surface area (Å²) in [4.78, 5) is 20.0. The van der Waals surface area contributed by atoms with Crippen LogP contribution in [0.5, 0.6) is 0 Å². The molecule has 0 heterocycles. The summed E-state index contributed by atoms with van der Waals surface area (Å²) in [6, 6.07) is 0. The molecule has 1 aliphatic carbocycles. The van der Waals surface area contributed by atoms with Gasteiger partial charge in [-0.25, -0.2) is 9.59 Å². The molecular formula is C11H18Cl2O4. The van der Waals surface area contributed by atoms with E-state index in [4.69, 9.17) is 27.9 Å². The van der Waals surface area contributed by atoms with Gasteiger partial charge < -0.3 is 9.47 Å². The number of hydrogen-bond acceptors (Lipinski definition) is 4. The third-order valence-electron chi connectivity index (χ3n) is 2.23. The van der Waals surface area contributed by atoms with Crippen molar-refractivity contribution in [3.63, 3.8) is 0 Å². The lowest BCUT2D eigenvalue weighted by molar-refractivity contribution is 0.0954. The maximum atomic E-state index is 10.3. The lowest BCUT2D eigenvalue weighted by Gasteiger charge is -2.19. The second-order valence-electron chi connectivity index (χ2n) is 3.70. The predicted molar refractivity (Wildman–Crippen MR) is 66.7 cm³/mol. The van der Waals surface area contributed by atoms with E-state index in [0.717, 1.165) is 32.1 Å². The summed E-state index contributed by atoms with van der Waals surface area (Å²) < 4.78 is 9.14. The maximum Gasteiger partial charge on any atom is 0.404 e. The monoisotopic (exact) mass is 284 g/mol. The predicted octanol–water partition coefficient (Wildman–Crippen LogP) is 4.47. The summed E-state index contributed by atoms with van der Waals surface area (Å²) in [6.07, 6.45) is 6.47. The van der Waals surface area contributed by atoms with E-state index in [9.17, 15) is 9.59 Å². The lowest BCUT2D eigenvalue weighted by Crippen LogP contribution is -2.17. The average Bonchev–Trinajstić information content (AvgIpc) is 2.27. The van der Waals surface area contributed by atoms with Gasteiger partial charge in [0.15, 0.2) is 0 Å². The summed E-state index contributed by atoms with van der Waals surface area (Å²) in [7, 11) is 0. The van der Waals surface area contributed by atoms with E-state index in [1.165, 1.54) is 6.42 Å². The topological polar surface area (TPSA) is 52.6 Å². The van der Waals surface area contributed by atoms with Crippen molar-refractivity contribution in [3.8, 4) is 0 Å². The highest BCUT2D eigenvalue weighted by Gasteiger charge is 2.15. The van der Waals surface area contributed by atoms with Crippen LogP contribution in [-0.4, -0.2) is 23.6 Å². The average molecular weight is 285 g/mol. The Labute approximate surface area is 112 Å². The Balaban J connectivity index is 0.000000325. The van der Waals surface area contributed by atoms with Crippen LogP contribution in [0.15, 0.2) is 0 Å². The molecule has 0 N–H and O–H groups in total. The minimum Gasteiger partial charge on any atom is -0.454 e. The van der Waals surface area contributed by atoms with Gasteiger partial charge in [0.25, 0.3) is 0 Å². The fraction of sp³-hybridized carbons (Fsp3) is 0.818. The highest BCUT2D eigenvalue weighted by Crippen LogP contribution is 2.20. The normalized spacial score (nSPS) is 15.5. The first-order chi connectivity index (χ1) is 8.06. The first-order valence-electron chi connectivity index (χ1n) is 5.74. The van der Waals surface area contributed by atoms with Crippen LogP contribution in [0.25, 0.3) is 0 Å². The largest absolute Gasteiger partial charge is 0.454 e. The molecule has 1 fully saturated rings. The molecule has 0 aliphatic heterocycles. The van der Waals surface area contributed by atoms with E-state index in [1.807, 2.05) is 6.92 Å². The molecule has 1 rings (SSSR count). The molecule has 0 aromatic heterocycles. The number of carbonyl (C=O) groups excluding carboxylic acids is 2. The van der Waals surface area contributed by atoms with Crippen molar-refractivity contribution in [2.45, 2.75) is 51.6 Å². The molecule has 0 bridgehead atoms. The van der Waals surface area contributed by atoms with Gasteiger partial charge in [-0.1, -0.05) is 13.3 Å². The maximum absolute atomic E-state index is 10.3. The standard InChI is InChI=1S/C7H11ClO2.C4H7ClO2/c8-7(9)10-6-4-2-1-3-5-6;1-2-3-7-4(5)6/h6H,1-5H2;2-3H2,1H3. The van der Waals surface area contributed by atoms with E-state index in [2.05, 4.69) is 4.74 Å². The zero-order valence-electron chi connectivity index (χ0n) is 9.92. The fourth-order valence-corrected chi connectivity index (χ4v) is 1.70. The zero-order chi connectivity index (χ0) is 13.1. The minimum atomic E-state index is -0.721. The Morgan fingerprint density at radius 1 is 1.12 bits per heavy atom. The van der Waals surface area contributed by atoms with Crippen LogP contribution in [-0.2, 0) is 9.47 Å². The Bertz CT molecular complexity index is 228. The summed E-state index contributed by atoms with van der Waals surface area (Å²) >= 11 is 9.85. The number of carbonyl (C=O) groups is 2. The van der Waals surface area contributed by atoms with E-state index < -0.39 is 10.9 Å². The number of ether oxygens (including phenoxy) is 2. The van der Waals surface area contributed by atoms with Crippen LogP contribution in [0.4, 0.5) is 9.59 Å². The molecule has 17 heavy (non-hydrogen) atoms. The Morgan fingerprint density at radius 2 is 1.71 bits per heavy atom. The zero-order valence-corrected chi connectivity index (χ0v) is 11.4. The molecule has 0 aromatic rings. The molecule has 0 aromatic carbocycles. The Kier molecular flexibility index (Phi) is 10.4. The summed E-state index contributed by atoms with van der Waals surface area (Å²) in [5.74, 6) is 0. The van der Waals surface area contributed by atoms with Crippen LogP contribution >= 0.6 is 23.2 Å². The Morgan fingerprint density at radius 3 is 2.06 bits per heavy atom. The van der Waals surface area contributed by atoms with Gasteiger partial charge >= 0.3 is 10.9 Å². The van der Waals surface area contributed by atoms with E-state index in [0.29, 0.717) is 6.61 Å². The summed E-state index contributed by atoms with van der Waals surface area (Å²) in [6.45, 7) is 2.32. The van der Waals surface area contributed by atoms with Crippen molar-refractivity contribution >= 4 is 34.1 Å². The van der Waals surface area contributed by atoms with E-state index >= 15 is 0 Å². The molecule has 0 atom stereocenters. The lowest BCUT2D eigenvalue weighted by atomic mass is 9.98. The molecule has 4 nitrogen and oxygen atoms in total. The highest BCUT2D eigenvalue weighted by atomic mass is 35.5. The third kappa shape index (κ3) is 11.8. The van der Waals surface area contributed by atoms with E-state index in [1.54, 1.807) is 0 Å². The molecule has 1 saturated carbocycles. The van der Waals surface area contributed by atoms with Crippen molar-refractivity contribution in [2.24, 2.45) is 0 Å². The van der Waals surface area contributed by atoms with Crippen molar-refractivity contribution in [1.29, 1.82) is 0 Å². The quantitative estimate of drug-likeness (QED) is 0.718. The molecule has 100 valence electrons. The van der Waals surface area contributed by atoms with E-state index in [-0.39, 0.29) is 6.10 Å². The van der Waals surface area contributed by atoms with Crippen LogP contribution in [0.1, 0.15) is 45.4 Å². The van der Waals surface area contributed by atoms with Gasteiger partial charge in [-0.2, -0.15) is 0 Å². The number of rotatable bonds is 3. The summed E-state index contributed by atoms with van der Waals surface area (Å²) in [5, 5.41) is 0. The van der Waals surface area contributed by atoms with Crippen molar-refractivity contribution in [2.75, 3.05) is 6.61 Å². The van der Waals surface area contributed by atoms with Gasteiger partial charge in [0.05, 0.1) is 6.61 Å². The smallest absolute Gasteiger partial charge is 0.404 e. The molecule has 0 spiro atoms. The minimum absolute atomic E-state index is 0.0961. The highest BCUT2D eigenvalue weighted by molar-refractivity contribution is 6.61.